The number of aryl methyl sites for hydroxylation is 1. The van der Waals surface area contributed by atoms with Crippen LogP contribution in [0, 0.1) is 5.92 Å². The Morgan fingerprint density at radius 3 is 2.86 bits per heavy atom. The first kappa shape index (κ1) is 16.0. The Labute approximate surface area is 129 Å². The van der Waals surface area contributed by atoms with Gasteiger partial charge in [-0.25, -0.2) is 0 Å². The van der Waals surface area contributed by atoms with Crippen molar-refractivity contribution in [2.45, 2.75) is 40.2 Å². The minimum absolute atomic E-state index is 0.148. The fourth-order valence-corrected chi connectivity index (χ4v) is 1.89. The number of rotatable bonds is 7. The summed E-state index contributed by atoms with van der Waals surface area (Å²) >= 11 is 0. The second-order valence-electron chi connectivity index (χ2n) is 5.50. The topological polar surface area (TPSA) is 77.2 Å². The molecular formula is C16H21N3O3. The van der Waals surface area contributed by atoms with Crippen molar-refractivity contribution in [2.24, 2.45) is 5.92 Å². The highest BCUT2D eigenvalue weighted by Crippen LogP contribution is 2.24. The average molecular weight is 303 g/mol. The van der Waals surface area contributed by atoms with Gasteiger partial charge in [0.1, 0.15) is 5.75 Å². The van der Waals surface area contributed by atoms with E-state index in [1.54, 1.807) is 12.1 Å². The third kappa shape index (κ3) is 4.87. The molecule has 0 radical (unpaired) electrons. The summed E-state index contributed by atoms with van der Waals surface area (Å²) < 4.78 is 10.8. The van der Waals surface area contributed by atoms with E-state index in [2.05, 4.69) is 29.3 Å². The maximum absolute atomic E-state index is 11.2. The van der Waals surface area contributed by atoms with E-state index in [9.17, 15) is 4.79 Å². The van der Waals surface area contributed by atoms with E-state index in [1.165, 1.54) is 6.92 Å². The van der Waals surface area contributed by atoms with E-state index in [1.807, 2.05) is 12.1 Å². The molecule has 0 bridgehead atoms. The molecule has 0 atom stereocenters. The van der Waals surface area contributed by atoms with Crippen molar-refractivity contribution >= 4 is 11.6 Å². The predicted molar refractivity (Wildman–Crippen MR) is 82.5 cm³/mol. The smallest absolute Gasteiger partial charge is 0.264 e. The van der Waals surface area contributed by atoms with Crippen LogP contribution in [0.3, 0.4) is 0 Å². The van der Waals surface area contributed by atoms with Gasteiger partial charge >= 0.3 is 0 Å². The van der Waals surface area contributed by atoms with E-state index in [0.29, 0.717) is 29.1 Å². The van der Waals surface area contributed by atoms with Crippen LogP contribution in [0.4, 0.5) is 5.69 Å². The van der Waals surface area contributed by atoms with Gasteiger partial charge in [-0.1, -0.05) is 31.1 Å². The Morgan fingerprint density at radius 2 is 2.14 bits per heavy atom. The van der Waals surface area contributed by atoms with Crippen molar-refractivity contribution in [2.75, 3.05) is 5.32 Å². The molecule has 0 unspecified atom stereocenters. The van der Waals surface area contributed by atoms with Gasteiger partial charge in [0.25, 0.3) is 5.89 Å². The van der Waals surface area contributed by atoms with Gasteiger partial charge in [-0.15, -0.1) is 0 Å². The number of hydrogen-bond donors (Lipinski definition) is 1. The zero-order chi connectivity index (χ0) is 15.9. The van der Waals surface area contributed by atoms with E-state index in [4.69, 9.17) is 9.26 Å². The molecule has 1 aromatic carbocycles. The molecule has 0 aliphatic rings. The monoisotopic (exact) mass is 303 g/mol. The third-order valence-corrected chi connectivity index (χ3v) is 3.00. The molecule has 1 amide bonds. The van der Waals surface area contributed by atoms with Gasteiger partial charge in [0, 0.05) is 13.3 Å². The van der Waals surface area contributed by atoms with Gasteiger partial charge in [-0.05, 0) is 24.5 Å². The van der Waals surface area contributed by atoms with Crippen molar-refractivity contribution < 1.29 is 14.1 Å². The molecule has 0 saturated carbocycles. The maximum atomic E-state index is 11.2. The maximum Gasteiger partial charge on any atom is 0.264 e. The summed E-state index contributed by atoms with van der Waals surface area (Å²) in [5.41, 5.74) is 0.620. The Kier molecular flexibility index (Phi) is 5.52. The number of benzene rings is 1. The van der Waals surface area contributed by atoms with E-state index < -0.39 is 0 Å². The Morgan fingerprint density at radius 1 is 1.36 bits per heavy atom. The lowest BCUT2D eigenvalue weighted by Gasteiger charge is -2.09. The minimum atomic E-state index is -0.148. The van der Waals surface area contributed by atoms with Crippen LogP contribution in [0.2, 0.25) is 0 Å². The van der Waals surface area contributed by atoms with Crippen LogP contribution in [0.1, 0.15) is 38.9 Å². The Hall–Kier alpha value is -2.37. The largest absolute Gasteiger partial charge is 0.482 e. The van der Waals surface area contributed by atoms with E-state index >= 15 is 0 Å². The number of anilines is 1. The first-order chi connectivity index (χ1) is 10.5. The summed E-state index contributed by atoms with van der Waals surface area (Å²) in [7, 11) is 0. The summed E-state index contributed by atoms with van der Waals surface area (Å²) in [4.78, 5) is 15.5. The van der Waals surface area contributed by atoms with Crippen molar-refractivity contribution in [3.05, 3.63) is 36.0 Å². The normalized spacial score (nSPS) is 10.7. The Balaban J connectivity index is 1.94. The van der Waals surface area contributed by atoms with Crippen LogP contribution >= 0.6 is 0 Å². The molecule has 1 N–H and O–H groups in total. The number of para-hydroxylation sites is 2. The molecule has 118 valence electrons. The van der Waals surface area contributed by atoms with Crippen LogP contribution in [0.5, 0.6) is 5.75 Å². The molecule has 0 aliphatic heterocycles. The van der Waals surface area contributed by atoms with Crippen molar-refractivity contribution in [3.63, 3.8) is 0 Å². The van der Waals surface area contributed by atoms with Gasteiger partial charge in [-0.3, -0.25) is 4.79 Å². The lowest BCUT2D eigenvalue weighted by Crippen LogP contribution is -2.08. The molecule has 0 spiro atoms. The van der Waals surface area contributed by atoms with Crippen LogP contribution in [-0.4, -0.2) is 16.0 Å². The van der Waals surface area contributed by atoms with Gasteiger partial charge in [-0.2, -0.15) is 4.98 Å². The molecule has 0 saturated heterocycles. The van der Waals surface area contributed by atoms with E-state index in [0.717, 1.165) is 12.8 Å². The molecule has 2 rings (SSSR count). The highest BCUT2D eigenvalue weighted by atomic mass is 16.5. The van der Waals surface area contributed by atoms with Crippen molar-refractivity contribution in [3.8, 4) is 5.75 Å². The molecular weight excluding hydrogens is 282 g/mol. The van der Waals surface area contributed by atoms with Crippen molar-refractivity contribution in [1.29, 1.82) is 0 Å². The fraction of sp³-hybridized carbons (Fsp3) is 0.438. The summed E-state index contributed by atoms with van der Waals surface area (Å²) in [5, 5.41) is 6.65. The molecule has 22 heavy (non-hydrogen) atoms. The van der Waals surface area contributed by atoms with Gasteiger partial charge < -0.3 is 14.6 Å². The van der Waals surface area contributed by atoms with Crippen LogP contribution in [-0.2, 0) is 17.8 Å². The summed E-state index contributed by atoms with van der Waals surface area (Å²) in [6.45, 7) is 5.94. The second-order valence-corrected chi connectivity index (χ2v) is 5.50. The number of nitrogens with one attached hydrogen (secondary N) is 1. The summed E-state index contributed by atoms with van der Waals surface area (Å²) in [6, 6.07) is 7.22. The zero-order valence-electron chi connectivity index (χ0n) is 13.1. The van der Waals surface area contributed by atoms with Gasteiger partial charge in [0.15, 0.2) is 12.4 Å². The van der Waals surface area contributed by atoms with Crippen LogP contribution in [0.15, 0.2) is 28.8 Å². The van der Waals surface area contributed by atoms with Crippen molar-refractivity contribution in [1.82, 2.24) is 10.1 Å². The SMILES string of the molecule is CC(=O)Nc1ccccc1OCc1nc(CCC(C)C)no1. The number of aromatic nitrogens is 2. The highest BCUT2D eigenvalue weighted by molar-refractivity contribution is 5.90. The predicted octanol–water partition coefficient (Wildman–Crippen LogP) is 3.20. The number of ether oxygens (including phenoxy) is 1. The molecule has 2 aromatic rings. The average Bonchev–Trinajstić information content (AvgIpc) is 2.91. The number of carbonyl (C=O) groups excluding carboxylic acids is 1. The lowest BCUT2D eigenvalue weighted by atomic mass is 10.1. The second kappa shape index (κ2) is 7.59. The number of hydrogen-bond acceptors (Lipinski definition) is 5. The highest BCUT2D eigenvalue weighted by Gasteiger charge is 2.10. The quantitative estimate of drug-likeness (QED) is 0.850. The third-order valence-electron chi connectivity index (χ3n) is 3.00. The summed E-state index contributed by atoms with van der Waals surface area (Å²) in [6.07, 6.45) is 1.81. The molecule has 1 aromatic heterocycles. The molecule has 1 heterocycles. The number of nitrogens with zero attached hydrogens (tertiary/aromatic N) is 2. The molecule has 6 heteroatoms. The zero-order valence-corrected chi connectivity index (χ0v) is 13.1. The number of carbonyl (C=O) groups is 1. The van der Waals surface area contributed by atoms with Gasteiger partial charge in [0.2, 0.25) is 5.91 Å². The van der Waals surface area contributed by atoms with E-state index in [-0.39, 0.29) is 12.5 Å². The first-order valence-electron chi connectivity index (χ1n) is 7.35. The number of amides is 1. The van der Waals surface area contributed by atoms with Gasteiger partial charge in [0.05, 0.1) is 5.69 Å². The lowest BCUT2D eigenvalue weighted by molar-refractivity contribution is -0.114. The molecule has 0 aliphatic carbocycles. The summed E-state index contributed by atoms with van der Waals surface area (Å²) in [5.74, 6) is 2.14. The standard InChI is InChI=1S/C16H21N3O3/c1-11(2)8-9-15-18-16(22-19-15)10-21-14-7-5-4-6-13(14)17-12(3)20/h4-7,11H,8-10H2,1-3H3,(H,17,20). The Bertz CT molecular complexity index is 623. The first-order valence-corrected chi connectivity index (χ1v) is 7.35. The van der Waals surface area contributed by atoms with Crippen LogP contribution < -0.4 is 10.1 Å². The molecule has 0 fully saturated rings. The van der Waals surface area contributed by atoms with Crippen LogP contribution in [0.25, 0.3) is 0 Å². The fourth-order valence-electron chi connectivity index (χ4n) is 1.89. The minimum Gasteiger partial charge on any atom is -0.482 e. The molecule has 6 nitrogen and oxygen atoms in total.